The van der Waals surface area contributed by atoms with Gasteiger partial charge in [0.2, 0.25) is 0 Å². The fraction of sp³-hybridized carbons (Fsp3) is 0.581. The number of rotatable bonds is 19. The van der Waals surface area contributed by atoms with Crippen LogP contribution in [0, 0.1) is 5.82 Å². The number of aliphatic carboxylic acids is 1. The summed E-state index contributed by atoms with van der Waals surface area (Å²) in [5, 5.41) is 9.68. The number of carbonyl (C=O) groups is 1. The van der Waals surface area contributed by atoms with Gasteiger partial charge >= 0.3 is 5.97 Å². The Morgan fingerprint density at radius 1 is 0.771 bits per heavy atom. The molecule has 1 atom stereocenters. The summed E-state index contributed by atoms with van der Waals surface area (Å²) in [6.07, 6.45) is 16.0. The zero-order valence-electron chi connectivity index (χ0n) is 21.9. The van der Waals surface area contributed by atoms with E-state index < -0.39 is 11.9 Å². The Balaban J connectivity index is 1.83. The van der Waals surface area contributed by atoms with Gasteiger partial charge in [0.1, 0.15) is 0 Å². The smallest absolute Gasteiger partial charge is 0.310 e. The van der Waals surface area contributed by atoms with Crippen LogP contribution in [0.15, 0.2) is 42.5 Å². The molecule has 0 aliphatic heterocycles. The zero-order chi connectivity index (χ0) is 25.3. The van der Waals surface area contributed by atoms with Crippen LogP contribution in [-0.4, -0.2) is 17.7 Å². The number of unbranched alkanes of at least 4 members (excludes halogenated alkanes) is 11. The van der Waals surface area contributed by atoms with E-state index in [1.54, 1.807) is 6.07 Å². The zero-order valence-corrected chi connectivity index (χ0v) is 21.9. The van der Waals surface area contributed by atoms with Crippen LogP contribution in [0.4, 0.5) is 4.39 Å². The van der Waals surface area contributed by atoms with E-state index in [0.29, 0.717) is 18.8 Å². The van der Waals surface area contributed by atoms with Crippen molar-refractivity contribution in [3.8, 4) is 16.9 Å². The van der Waals surface area contributed by atoms with Gasteiger partial charge in [-0.2, -0.15) is 0 Å². The highest BCUT2D eigenvalue weighted by molar-refractivity contribution is 5.76. The Hall–Kier alpha value is -2.36. The molecule has 0 heterocycles. The molecule has 2 aromatic carbocycles. The lowest BCUT2D eigenvalue weighted by molar-refractivity contribution is -0.139. The lowest BCUT2D eigenvalue weighted by Gasteiger charge is -2.14. The van der Waals surface area contributed by atoms with Crippen LogP contribution in [0.25, 0.3) is 11.1 Å². The largest absolute Gasteiger partial charge is 0.491 e. The minimum absolute atomic E-state index is 0.294. The molecule has 0 fully saturated rings. The summed E-state index contributed by atoms with van der Waals surface area (Å²) < 4.78 is 20.3. The molecule has 194 valence electrons. The summed E-state index contributed by atoms with van der Waals surface area (Å²) in [4.78, 5) is 11.8. The summed E-state index contributed by atoms with van der Waals surface area (Å²) in [5.41, 5.74) is 2.44. The van der Waals surface area contributed by atoms with Crippen molar-refractivity contribution in [3.05, 3.63) is 53.8 Å². The molecule has 0 aliphatic rings. The number of halogens is 1. The number of benzene rings is 2. The van der Waals surface area contributed by atoms with Crippen molar-refractivity contribution in [2.75, 3.05) is 6.61 Å². The average Bonchev–Trinajstić information content (AvgIpc) is 2.86. The highest BCUT2D eigenvalue weighted by Gasteiger charge is 2.19. The molecule has 1 unspecified atom stereocenters. The van der Waals surface area contributed by atoms with E-state index in [9.17, 15) is 14.3 Å². The first-order valence-electron chi connectivity index (χ1n) is 13.8. The van der Waals surface area contributed by atoms with E-state index in [4.69, 9.17) is 4.74 Å². The van der Waals surface area contributed by atoms with Crippen LogP contribution in [0.5, 0.6) is 5.75 Å². The normalized spacial score (nSPS) is 12.0. The van der Waals surface area contributed by atoms with Crippen molar-refractivity contribution in [1.29, 1.82) is 0 Å². The molecule has 0 spiro atoms. The lowest BCUT2D eigenvalue weighted by Crippen LogP contribution is -2.11. The van der Waals surface area contributed by atoms with Gasteiger partial charge in [-0.25, -0.2) is 4.39 Å². The van der Waals surface area contributed by atoms with Gasteiger partial charge in [-0.15, -0.1) is 0 Å². The molecule has 1 N–H and O–H groups in total. The van der Waals surface area contributed by atoms with Gasteiger partial charge in [-0.1, -0.05) is 121 Å². The van der Waals surface area contributed by atoms with Gasteiger partial charge in [-0.3, -0.25) is 4.79 Å². The number of hydrogen-bond donors (Lipinski definition) is 1. The molecule has 0 bridgehead atoms. The number of ether oxygens (including phenoxy) is 1. The van der Waals surface area contributed by atoms with Gasteiger partial charge in [0, 0.05) is 0 Å². The van der Waals surface area contributed by atoms with Crippen molar-refractivity contribution in [2.24, 2.45) is 0 Å². The summed E-state index contributed by atoms with van der Waals surface area (Å²) in [5.74, 6) is -1.34. The second kappa shape index (κ2) is 17.1. The fourth-order valence-corrected chi connectivity index (χ4v) is 4.51. The third-order valence-corrected chi connectivity index (χ3v) is 6.73. The van der Waals surface area contributed by atoms with Crippen molar-refractivity contribution in [1.82, 2.24) is 0 Å². The number of hydrogen-bond acceptors (Lipinski definition) is 2. The van der Waals surface area contributed by atoms with E-state index in [1.807, 2.05) is 30.3 Å². The van der Waals surface area contributed by atoms with Crippen molar-refractivity contribution in [3.63, 3.8) is 0 Å². The van der Waals surface area contributed by atoms with Crippen LogP contribution in [0.3, 0.4) is 0 Å². The Kier molecular flexibility index (Phi) is 14.1. The number of carboxylic acid groups (broad SMARTS) is 1. The van der Waals surface area contributed by atoms with Gasteiger partial charge in [0.15, 0.2) is 11.6 Å². The molecule has 0 saturated carbocycles. The quantitative estimate of drug-likeness (QED) is 0.202. The number of carboxylic acids is 1. The molecule has 2 aromatic rings. The van der Waals surface area contributed by atoms with Crippen LogP contribution < -0.4 is 4.74 Å². The summed E-state index contributed by atoms with van der Waals surface area (Å²) in [6, 6.07) is 12.6. The van der Waals surface area contributed by atoms with Crippen molar-refractivity contribution < 1.29 is 19.0 Å². The molecular weight excluding hydrogens is 439 g/mol. The fourth-order valence-electron chi connectivity index (χ4n) is 4.51. The second-order valence-corrected chi connectivity index (χ2v) is 9.68. The molecule has 0 aromatic heterocycles. The van der Waals surface area contributed by atoms with E-state index in [1.165, 1.54) is 57.4 Å². The summed E-state index contributed by atoms with van der Waals surface area (Å²) in [6.45, 7) is 4.94. The first-order valence-corrected chi connectivity index (χ1v) is 13.8. The standard InChI is InChI=1S/C31H45FO3/c1-3-5-7-9-10-11-13-15-23-35-30-22-21-27(24-29(30)32)25-17-19-26(20-18-25)28(31(33)34)16-14-12-8-6-4-2/h17-22,24,28H,3-16,23H2,1-2H3,(H,33,34). The Morgan fingerprint density at radius 3 is 1.89 bits per heavy atom. The van der Waals surface area contributed by atoms with Crippen LogP contribution in [-0.2, 0) is 4.79 Å². The van der Waals surface area contributed by atoms with E-state index >= 15 is 0 Å². The maximum atomic E-state index is 14.6. The van der Waals surface area contributed by atoms with Crippen LogP contribution in [0.2, 0.25) is 0 Å². The average molecular weight is 485 g/mol. The Bertz CT molecular complexity index is 847. The molecule has 0 saturated heterocycles. The maximum absolute atomic E-state index is 14.6. The second-order valence-electron chi connectivity index (χ2n) is 9.68. The molecule has 2 rings (SSSR count). The van der Waals surface area contributed by atoms with Gasteiger partial charge in [0.25, 0.3) is 0 Å². The van der Waals surface area contributed by atoms with Crippen molar-refractivity contribution >= 4 is 5.97 Å². The lowest BCUT2D eigenvalue weighted by atomic mass is 9.91. The van der Waals surface area contributed by atoms with E-state index in [2.05, 4.69) is 13.8 Å². The minimum Gasteiger partial charge on any atom is -0.491 e. The highest BCUT2D eigenvalue weighted by Crippen LogP contribution is 2.29. The molecule has 4 heteroatoms. The predicted molar refractivity (Wildman–Crippen MR) is 144 cm³/mol. The van der Waals surface area contributed by atoms with E-state index in [0.717, 1.165) is 48.8 Å². The van der Waals surface area contributed by atoms with E-state index in [-0.39, 0.29) is 5.82 Å². The minimum atomic E-state index is -0.780. The van der Waals surface area contributed by atoms with Gasteiger partial charge < -0.3 is 9.84 Å². The SMILES string of the molecule is CCCCCCCCCCOc1ccc(-c2ccc(C(CCCCCCC)C(=O)O)cc2)cc1F. The van der Waals surface area contributed by atoms with Crippen LogP contribution >= 0.6 is 0 Å². The topological polar surface area (TPSA) is 46.5 Å². The molecule has 3 nitrogen and oxygen atoms in total. The third-order valence-electron chi connectivity index (χ3n) is 6.73. The Labute approximate surface area is 212 Å². The van der Waals surface area contributed by atoms with Crippen LogP contribution in [0.1, 0.15) is 115 Å². The molecule has 0 radical (unpaired) electrons. The van der Waals surface area contributed by atoms with Gasteiger partial charge in [0.05, 0.1) is 12.5 Å². The molecule has 35 heavy (non-hydrogen) atoms. The summed E-state index contributed by atoms with van der Waals surface area (Å²) in [7, 11) is 0. The first kappa shape index (κ1) is 28.9. The maximum Gasteiger partial charge on any atom is 0.310 e. The predicted octanol–water partition coefficient (Wildman–Crippen LogP) is 9.54. The van der Waals surface area contributed by atoms with Gasteiger partial charge in [-0.05, 0) is 41.7 Å². The third kappa shape index (κ3) is 10.8. The summed E-state index contributed by atoms with van der Waals surface area (Å²) >= 11 is 0. The van der Waals surface area contributed by atoms with Crippen molar-refractivity contribution in [2.45, 2.75) is 110 Å². The first-order chi connectivity index (χ1) is 17.1. The molecular formula is C31H45FO3. The highest BCUT2D eigenvalue weighted by atomic mass is 19.1. The molecule has 0 aliphatic carbocycles. The monoisotopic (exact) mass is 484 g/mol. The molecule has 0 amide bonds. The Morgan fingerprint density at radius 2 is 1.31 bits per heavy atom.